The molecule has 2 N–H and O–H groups in total. The van der Waals surface area contributed by atoms with E-state index in [1.54, 1.807) is 7.11 Å². The highest BCUT2D eigenvalue weighted by Crippen LogP contribution is 2.27. The van der Waals surface area contributed by atoms with Gasteiger partial charge in [0.15, 0.2) is 11.4 Å². The lowest BCUT2D eigenvalue weighted by Crippen LogP contribution is -2.43. The molecule has 16 heavy (non-hydrogen) atoms. The molecular weight excluding hydrogens is 210 g/mol. The smallest absolute Gasteiger partial charge is 0.260 e. The predicted molar refractivity (Wildman–Crippen MR) is 55.7 cm³/mol. The van der Waals surface area contributed by atoms with E-state index in [0.717, 1.165) is 13.0 Å². The summed E-state index contributed by atoms with van der Waals surface area (Å²) in [7, 11) is 1.58. The number of ether oxygens (including phenoxy) is 1. The van der Waals surface area contributed by atoms with Crippen molar-refractivity contribution in [1.82, 2.24) is 15.5 Å². The van der Waals surface area contributed by atoms with Crippen LogP contribution in [0.3, 0.4) is 0 Å². The maximum atomic E-state index is 10.3. The van der Waals surface area contributed by atoms with Crippen molar-refractivity contribution in [2.24, 2.45) is 0 Å². The Hall–Kier alpha value is -0.980. The van der Waals surface area contributed by atoms with Gasteiger partial charge >= 0.3 is 0 Å². The highest BCUT2D eigenvalue weighted by Gasteiger charge is 2.37. The number of methoxy groups -OCH3 is 1. The lowest BCUT2D eigenvalue weighted by atomic mass is 9.94. The molecule has 0 aliphatic carbocycles. The third kappa shape index (κ3) is 2.09. The van der Waals surface area contributed by atoms with Gasteiger partial charge in [0.05, 0.1) is 0 Å². The van der Waals surface area contributed by atoms with E-state index < -0.39 is 5.60 Å². The predicted octanol–water partition coefficient (Wildman–Crippen LogP) is 0.348. The van der Waals surface area contributed by atoms with Crippen LogP contribution in [0.2, 0.25) is 0 Å². The van der Waals surface area contributed by atoms with Crippen molar-refractivity contribution >= 4 is 0 Å². The van der Waals surface area contributed by atoms with Crippen molar-refractivity contribution in [2.75, 3.05) is 20.2 Å². The number of hydrogen-bond acceptors (Lipinski definition) is 6. The van der Waals surface area contributed by atoms with Crippen LogP contribution in [-0.4, -0.2) is 35.4 Å². The zero-order chi connectivity index (χ0) is 11.6. The normalized spacial score (nSPS) is 27.9. The van der Waals surface area contributed by atoms with Crippen LogP contribution in [0.4, 0.5) is 0 Å². The molecule has 6 heteroatoms. The molecule has 0 aromatic carbocycles. The minimum atomic E-state index is -1.03. The van der Waals surface area contributed by atoms with Gasteiger partial charge in [-0.25, -0.2) is 0 Å². The molecule has 0 radical (unpaired) electrons. The number of nitrogens with zero attached hydrogens (tertiary/aromatic N) is 2. The van der Waals surface area contributed by atoms with Crippen molar-refractivity contribution in [3.05, 3.63) is 11.7 Å². The monoisotopic (exact) mass is 227 g/mol. The van der Waals surface area contributed by atoms with Crippen LogP contribution in [0.5, 0.6) is 0 Å². The molecular formula is C10H17N3O3. The molecule has 2 heterocycles. The van der Waals surface area contributed by atoms with Gasteiger partial charge < -0.3 is 19.7 Å². The maximum Gasteiger partial charge on any atom is 0.260 e. The molecule has 6 nitrogen and oxygen atoms in total. The van der Waals surface area contributed by atoms with Crippen molar-refractivity contribution < 1.29 is 14.4 Å². The summed E-state index contributed by atoms with van der Waals surface area (Å²) in [5.74, 6) is 0.745. The van der Waals surface area contributed by atoms with E-state index in [2.05, 4.69) is 15.5 Å². The molecule has 90 valence electrons. The van der Waals surface area contributed by atoms with Crippen molar-refractivity contribution in [3.63, 3.8) is 0 Å². The van der Waals surface area contributed by atoms with E-state index in [1.165, 1.54) is 0 Å². The van der Waals surface area contributed by atoms with Crippen molar-refractivity contribution in [3.8, 4) is 0 Å². The summed E-state index contributed by atoms with van der Waals surface area (Å²) in [5, 5.41) is 17.2. The fourth-order valence-electron chi connectivity index (χ4n) is 1.77. The summed E-state index contributed by atoms with van der Waals surface area (Å²) in [6, 6.07) is 0. The number of hydrogen-bond donors (Lipinski definition) is 2. The minimum Gasteiger partial charge on any atom is -0.379 e. The van der Waals surface area contributed by atoms with Crippen LogP contribution in [0.25, 0.3) is 0 Å². The van der Waals surface area contributed by atoms with Crippen LogP contribution >= 0.6 is 0 Å². The second kappa shape index (κ2) is 4.48. The van der Waals surface area contributed by atoms with Crippen molar-refractivity contribution in [1.29, 1.82) is 0 Å². The van der Waals surface area contributed by atoms with Gasteiger partial charge in [-0.05, 0) is 26.3 Å². The molecule has 0 saturated carbocycles. The summed E-state index contributed by atoms with van der Waals surface area (Å²) in [5.41, 5.74) is -1.03. The van der Waals surface area contributed by atoms with Crippen LogP contribution < -0.4 is 5.32 Å². The zero-order valence-electron chi connectivity index (χ0n) is 9.56. The highest BCUT2D eigenvalue weighted by atomic mass is 16.5. The highest BCUT2D eigenvalue weighted by molar-refractivity contribution is 5.02. The Labute approximate surface area is 94.0 Å². The van der Waals surface area contributed by atoms with Crippen LogP contribution in [0.1, 0.15) is 37.6 Å². The molecule has 1 aliphatic heterocycles. The standard InChI is InChI=1S/C10H17N3O3/c1-7(15-2)8-12-9(16-13-8)10(14)4-3-5-11-6-10/h7,11,14H,3-6H2,1-2H3. The third-order valence-corrected chi connectivity index (χ3v) is 2.92. The fraction of sp³-hybridized carbons (Fsp3) is 0.800. The SMILES string of the molecule is COC(C)c1noc(C2(O)CCCNC2)n1. The van der Waals surface area contributed by atoms with Gasteiger partial charge in [-0.15, -0.1) is 0 Å². The van der Waals surface area contributed by atoms with E-state index >= 15 is 0 Å². The Balaban J connectivity index is 2.17. The number of nitrogens with one attached hydrogen (secondary N) is 1. The van der Waals surface area contributed by atoms with Crippen LogP contribution in [0, 0.1) is 0 Å². The van der Waals surface area contributed by atoms with E-state index in [9.17, 15) is 5.11 Å². The summed E-state index contributed by atoms with van der Waals surface area (Å²) in [4.78, 5) is 4.18. The molecule has 1 aromatic rings. The number of aromatic nitrogens is 2. The molecule has 1 saturated heterocycles. The van der Waals surface area contributed by atoms with E-state index in [1.807, 2.05) is 6.92 Å². The first kappa shape index (κ1) is 11.5. The second-order valence-corrected chi connectivity index (χ2v) is 4.15. The Morgan fingerprint density at radius 1 is 1.62 bits per heavy atom. The summed E-state index contributed by atoms with van der Waals surface area (Å²) in [6.45, 7) is 3.20. The Morgan fingerprint density at radius 3 is 3.06 bits per heavy atom. The average molecular weight is 227 g/mol. The van der Waals surface area contributed by atoms with E-state index in [-0.39, 0.29) is 12.0 Å². The van der Waals surface area contributed by atoms with Gasteiger partial charge in [0.2, 0.25) is 0 Å². The largest absolute Gasteiger partial charge is 0.379 e. The first-order valence-corrected chi connectivity index (χ1v) is 5.46. The first-order chi connectivity index (χ1) is 7.65. The molecule has 1 aromatic heterocycles. The maximum absolute atomic E-state index is 10.3. The zero-order valence-corrected chi connectivity index (χ0v) is 9.56. The van der Waals surface area contributed by atoms with Gasteiger partial charge in [-0.3, -0.25) is 0 Å². The van der Waals surface area contributed by atoms with Gasteiger partial charge in [0.1, 0.15) is 6.10 Å². The Kier molecular flexibility index (Phi) is 3.22. The van der Waals surface area contributed by atoms with Crippen LogP contribution in [0.15, 0.2) is 4.52 Å². The van der Waals surface area contributed by atoms with Crippen molar-refractivity contribution in [2.45, 2.75) is 31.5 Å². The minimum absolute atomic E-state index is 0.224. The summed E-state index contributed by atoms with van der Waals surface area (Å²) < 4.78 is 10.2. The Bertz CT molecular complexity index is 347. The summed E-state index contributed by atoms with van der Waals surface area (Å²) >= 11 is 0. The molecule has 2 rings (SSSR count). The van der Waals surface area contributed by atoms with Gasteiger partial charge in [-0.1, -0.05) is 5.16 Å². The Morgan fingerprint density at radius 2 is 2.44 bits per heavy atom. The lowest BCUT2D eigenvalue weighted by Gasteiger charge is -2.28. The fourth-order valence-corrected chi connectivity index (χ4v) is 1.77. The van der Waals surface area contributed by atoms with E-state index in [0.29, 0.717) is 18.8 Å². The van der Waals surface area contributed by atoms with Gasteiger partial charge in [-0.2, -0.15) is 4.98 Å². The number of aliphatic hydroxyl groups is 1. The molecule has 0 amide bonds. The molecule has 1 aliphatic rings. The van der Waals surface area contributed by atoms with E-state index in [4.69, 9.17) is 9.26 Å². The molecule has 2 atom stereocenters. The number of β-amino-alcohol motifs (C(OH)–C–C–N with tert-alkyl or cyclic N) is 1. The lowest BCUT2D eigenvalue weighted by molar-refractivity contribution is -0.0167. The van der Waals surface area contributed by atoms with Gasteiger partial charge in [0, 0.05) is 13.7 Å². The summed E-state index contributed by atoms with van der Waals surface area (Å²) in [6.07, 6.45) is 1.31. The number of rotatable bonds is 3. The molecule has 0 spiro atoms. The topological polar surface area (TPSA) is 80.4 Å². The van der Waals surface area contributed by atoms with Crippen LogP contribution in [-0.2, 0) is 10.3 Å². The molecule has 1 fully saturated rings. The first-order valence-electron chi connectivity index (χ1n) is 5.46. The number of piperidine rings is 1. The second-order valence-electron chi connectivity index (χ2n) is 4.15. The average Bonchev–Trinajstić information content (AvgIpc) is 2.79. The molecule has 2 unspecified atom stereocenters. The molecule has 0 bridgehead atoms. The third-order valence-electron chi connectivity index (χ3n) is 2.92. The quantitative estimate of drug-likeness (QED) is 0.775. The van der Waals surface area contributed by atoms with Gasteiger partial charge in [0.25, 0.3) is 5.89 Å².